The molecule has 2 N–H and O–H groups in total. The number of thiophene rings is 1. The Morgan fingerprint density at radius 1 is 1.00 bits per heavy atom. The molecule has 0 unspecified atom stereocenters. The smallest absolute Gasteiger partial charge is 0.280 e. The van der Waals surface area contributed by atoms with Gasteiger partial charge in [-0.3, -0.25) is 9.52 Å². The van der Waals surface area contributed by atoms with Crippen LogP contribution in [0.2, 0.25) is 0 Å². The molecule has 1 aliphatic rings. The highest BCUT2D eigenvalue weighted by atomic mass is 32.2. The SMILES string of the molecule is C/C(=N\NC(=O)c1cc2c(s1)CCCC2)c1cccc(NS(=O)(=O)c2ccccc2)c1. The van der Waals surface area contributed by atoms with Crippen molar-refractivity contribution in [1.82, 2.24) is 5.43 Å². The van der Waals surface area contributed by atoms with Crippen LogP contribution >= 0.6 is 11.3 Å². The highest BCUT2D eigenvalue weighted by Gasteiger charge is 2.17. The van der Waals surface area contributed by atoms with Crippen molar-refractivity contribution in [2.24, 2.45) is 5.10 Å². The monoisotopic (exact) mass is 453 g/mol. The molecular weight excluding hydrogens is 430 g/mol. The maximum atomic E-state index is 12.5. The normalized spacial score (nSPS) is 14.0. The van der Waals surface area contributed by atoms with Crippen molar-refractivity contribution >= 4 is 38.7 Å². The van der Waals surface area contributed by atoms with Crippen molar-refractivity contribution in [2.75, 3.05) is 4.72 Å². The molecule has 0 spiro atoms. The summed E-state index contributed by atoms with van der Waals surface area (Å²) in [4.78, 5) is 14.7. The summed E-state index contributed by atoms with van der Waals surface area (Å²) in [5.41, 5.74) is 5.61. The van der Waals surface area contributed by atoms with E-state index in [1.54, 1.807) is 43.3 Å². The van der Waals surface area contributed by atoms with E-state index in [1.807, 2.05) is 12.1 Å². The molecule has 1 heterocycles. The van der Waals surface area contributed by atoms with Gasteiger partial charge in [-0.25, -0.2) is 13.8 Å². The van der Waals surface area contributed by atoms with Crippen molar-refractivity contribution in [3.05, 3.63) is 81.5 Å². The third-order valence-electron chi connectivity index (χ3n) is 5.13. The van der Waals surface area contributed by atoms with E-state index in [9.17, 15) is 13.2 Å². The van der Waals surface area contributed by atoms with Crippen LogP contribution in [0.5, 0.6) is 0 Å². The molecule has 1 aromatic heterocycles. The predicted octanol–water partition coefficient (Wildman–Crippen LogP) is 4.58. The second kappa shape index (κ2) is 9.03. The Morgan fingerprint density at radius 3 is 2.55 bits per heavy atom. The van der Waals surface area contributed by atoms with Crippen LogP contribution in [-0.2, 0) is 22.9 Å². The van der Waals surface area contributed by atoms with Gasteiger partial charge in [-0.2, -0.15) is 5.10 Å². The third kappa shape index (κ3) is 5.03. The lowest BCUT2D eigenvalue weighted by molar-refractivity contribution is 0.0959. The Bertz CT molecular complexity index is 1210. The van der Waals surface area contributed by atoms with Gasteiger partial charge < -0.3 is 0 Å². The Morgan fingerprint density at radius 2 is 1.77 bits per heavy atom. The topological polar surface area (TPSA) is 87.6 Å². The standard InChI is InChI=1S/C23H23N3O3S2/c1-16(24-25-23(27)22-15-18-8-5-6-13-21(18)30-22)17-9-7-10-19(14-17)26-31(28,29)20-11-3-2-4-12-20/h2-4,7,9-12,14-15,26H,5-6,8,13H2,1H3,(H,25,27)/b24-16+. The third-order valence-corrected chi connectivity index (χ3v) is 7.76. The predicted molar refractivity (Wildman–Crippen MR) is 124 cm³/mol. The summed E-state index contributed by atoms with van der Waals surface area (Å²) >= 11 is 1.54. The molecule has 0 saturated heterocycles. The van der Waals surface area contributed by atoms with Crippen LogP contribution in [-0.4, -0.2) is 20.0 Å². The molecular formula is C23H23N3O3S2. The zero-order valence-electron chi connectivity index (χ0n) is 17.1. The molecule has 1 amide bonds. The number of anilines is 1. The molecule has 6 nitrogen and oxygen atoms in total. The average molecular weight is 454 g/mol. The number of hydrazone groups is 1. The lowest BCUT2D eigenvalue weighted by Gasteiger charge is -2.09. The van der Waals surface area contributed by atoms with E-state index in [0.717, 1.165) is 12.8 Å². The molecule has 1 aliphatic carbocycles. The summed E-state index contributed by atoms with van der Waals surface area (Å²) in [6.07, 6.45) is 4.43. The fourth-order valence-corrected chi connectivity index (χ4v) is 5.69. The molecule has 0 bridgehead atoms. The van der Waals surface area contributed by atoms with Crippen LogP contribution < -0.4 is 10.1 Å². The maximum Gasteiger partial charge on any atom is 0.281 e. The maximum absolute atomic E-state index is 12.5. The Kier molecular flexibility index (Phi) is 6.20. The van der Waals surface area contributed by atoms with E-state index in [1.165, 1.54) is 46.8 Å². The minimum Gasteiger partial charge on any atom is -0.280 e. The Labute approximate surface area is 186 Å². The van der Waals surface area contributed by atoms with Crippen molar-refractivity contribution < 1.29 is 13.2 Å². The van der Waals surface area contributed by atoms with Gasteiger partial charge in [0.25, 0.3) is 15.9 Å². The van der Waals surface area contributed by atoms with E-state index >= 15 is 0 Å². The minimum absolute atomic E-state index is 0.191. The largest absolute Gasteiger partial charge is 0.281 e. The number of hydrogen-bond acceptors (Lipinski definition) is 5. The van der Waals surface area contributed by atoms with Gasteiger partial charge in [0.05, 0.1) is 15.5 Å². The van der Waals surface area contributed by atoms with Gasteiger partial charge in [0, 0.05) is 10.6 Å². The fourth-order valence-electron chi connectivity index (χ4n) is 3.48. The van der Waals surface area contributed by atoms with E-state index < -0.39 is 10.0 Å². The summed E-state index contributed by atoms with van der Waals surface area (Å²) < 4.78 is 27.7. The summed E-state index contributed by atoms with van der Waals surface area (Å²) in [5.74, 6) is -0.223. The lowest BCUT2D eigenvalue weighted by Crippen LogP contribution is -2.18. The number of nitrogens with zero attached hydrogens (tertiary/aromatic N) is 1. The first-order valence-corrected chi connectivity index (χ1v) is 12.4. The summed E-state index contributed by atoms with van der Waals surface area (Å²) in [7, 11) is -3.68. The van der Waals surface area contributed by atoms with Crippen LogP contribution in [0.3, 0.4) is 0 Å². The van der Waals surface area contributed by atoms with Gasteiger partial charge in [-0.15, -0.1) is 11.3 Å². The van der Waals surface area contributed by atoms with Gasteiger partial charge in [0.1, 0.15) is 0 Å². The second-order valence-electron chi connectivity index (χ2n) is 7.40. The molecule has 4 rings (SSSR count). The second-order valence-corrected chi connectivity index (χ2v) is 10.2. The minimum atomic E-state index is -3.68. The fraction of sp³-hybridized carbons (Fsp3) is 0.217. The zero-order chi connectivity index (χ0) is 21.8. The van der Waals surface area contributed by atoms with Crippen molar-refractivity contribution in [3.8, 4) is 0 Å². The number of sulfonamides is 1. The molecule has 0 radical (unpaired) electrons. The van der Waals surface area contributed by atoms with Gasteiger partial charge >= 0.3 is 0 Å². The van der Waals surface area contributed by atoms with E-state index in [-0.39, 0.29) is 10.8 Å². The number of rotatable bonds is 6. The number of fused-ring (bicyclic) bond motifs is 1. The molecule has 3 aromatic rings. The van der Waals surface area contributed by atoms with Gasteiger partial charge in [-0.05, 0) is 74.1 Å². The molecule has 0 atom stereocenters. The lowest BCUT2D eigenvalue weighted by atomic mass is 9.99. The highest BCUT2D eigenvalue weighted by molar-refractivity contribution is 7.92. The van der Waals surface area contributed by atoms with Crippen LogP contribution in [0.1, 0.15) is 45.4 Å². The number of benzene rings is 2. The van der Waals surface area contributed by atoms with Crippen LogP contribution in [0, 0.1) is 0 Å². The van der Waals surface area contributed by atoms with Gasteiger partial charge in [0.2, 0.25) is 0 Å². The molecule has 0 aliphatic heterocycles. The first kappa shape index (κ1) is 21.3. The van der Waals surface area contributed by atoms with E-state index in [4.69, 9.17) is 0 Å². The van der Waals surface area contributed by atoms with Crippen LogP contribution in [0.15, 0.2) is 70.7 Å². The number of aryl methyl sites for hydroxylation is 2. The first-order chi connectivity index (χ1) is 14.9. The molecule has 31 heavy (non-hydrogen) atoms. The van der Waals surface area contributed by atoms with Crippen molar-refractivity contribution in [2.45, 2.75) is 37.5 Å². The Hall–Kier alpha value is -2.97. The number of carbonyl (C=O) groups excluding carboxylic acids is 1. The zero-order valence-corrected chi connectivity index (χ0v) is 18.7. The molecule has 2 aromatic carbocycles. The van der Waals surface area contributed by atoms with Crippen LogP contribution in [0.4, 0.5) is 5.69 Å². The first-order valence-electron chi connectivity index (χ1n) is 10.1. The van der Waals surface area contributed by atoms with Crippen molar-refractivity contribution in [1.29, 1.82) is 0 Å². The average Bonchev–Trinajstić information content (AvgIpc) is 3.22. The Balaban J connectivity index is 1.46. The molecule has 0 fully saturated rings. The number of carbonyl (C=O) groups is 1. The number of nitrogens with one attached hydrogen (secondary N) is 2. The summed E-state index contributed by atoms with van der Waals surface area (Å²) in [5, 5.41) is 4.22. The molecule has 160 valence electrons. The van der Waals surface area contributed by atoms with Crippen LogP contribution in [0.25, 0.3) is 0 Å². The van der Waals surface area contributed by atoms with E-state index in [0.29, 0.717) is 21.8 Å². The number of hydrogen-bond donors (Lipinski definition) is 2. The quantitative estimate of drug-likeness (QED) is 0.423. The van der Waals surface area contributed by atoms with E-state index in [2.05, 4.69) is 15.2 Å². The summed E-state index contributed by atoms with van der Waals surface area (Å²) in [6, 6.07) is 17.1. The molecule has 8 heteroatoms. The highest BCUT2D eigenvalue weighted by Crippen LogP contribution is 2.29. The molecule has 0 saturated carbocycles. The number of amides is 1. The van der Waals surface area contributed by atoms with Gasteiger partial charge in [0.15, 0.2) is 0 Å². The summed E-state index contributed by atoms with van der Waals surface area (Å²) in [6.45, 7) is 1.77. The van der Waals surface area contributed by atoms with Gasteiger partial charge in [-0.1, -0.05) is 30.3 Å². The van der Waals surface area contributed by atoms with Crippen molar-refractivity contribution in [3.63, 3.8) is 0 Å².